The number of ether oxygens (including phenoxy) is 2. The van der Waals surface area contributed by atoms with Gasteiger partial charge in [0.2, 0.25) is 5.75 Å². The van der Waals surface area contributed by atoms with Gasteiger partial charge in [0.05, 0.1) is 19.8 Å². The molecule has 2 heterocycles. The van der Waals surface area contributed by atoms with E-state index in [1.807, 2.05) is 30.3 Å². The zero-order valence-corrected chi connectivity index (χ0v) is 31.1. The van der Waals surface area contributed by atoms with E-state index in [9.17, 15) is 30.3 Å². The van der Waals surface area contributed by atoms with Crippen LogP contribution >= 0.6 is 0 Å². The van der Waals surface area contributed by atoms with E-state index in [4.69, 9.17) is 9.47 Å². The fourth-order valence-electron chi connectivity index (χ4n) is 7.42. The van der Waals surface area contributed by atoms with Crippen molar-refractivity contribution in [2.45, 2.75) is 77.2 Å². The molecule has 1 aromatic heterocycles. The Morgan fingerprint density at radius 2 is 1.72 bits per heavy atom. The lowest BCUT2D eigenvalue weighted by Crippen LogP contribution is -2.32. The van der Waals surface area contributed by atoms with Crippen molar-refractivity contribution in [1.29, 1.82) is 0 Å². The van der Waals surface area contributed by atoms with E-state index in [1.54, 1.807) is 42.6 Å². The summed E-state index contributed by atoms with van der Waals surface area (Å²) in [5.41, 5.74) is 4.15. The topological polar surface area (TPSA) is 162 Å². The van der Waals surface area contributed by atoms with E-state index in [0.29, 0.717) is 55.3 Å². The first-order valence-electron chi connectivity index (χ1n) is 18.7. The quantitative estimate of drug-likeness (QED) is 0.0574. The minimum atomic E-state index is -0.991. The average molecular weight is 735 g/mol. The number of carbonyl (C=O) groups is 1. The molecule has 6 rings (SSSR count). The SMILES string of the molecule is COc1cc(CCC(O)C2Cc3ccnc(c3)Nc3ccc4cc(O)ccc4c3CCC(c3cc(O)c(O)c(OCCCC(C)C)c3)CC2=O)ccc1O. The number of aromatic hydroxyl groups is 4. The highest BCUT2D eigenvalue weighted by atomic mass is 16.5. The highest BCUT2D eigenvalue weighted by molar-refractivity contribution is 5.92. The van der Waals surface area contributed by atoms with E-state index in [0.717, 1.165) is 46.0 Å². The summed E-state index contributed by atoms with van der Waals surface area (Å²) in [5, 5.41) is 59.1. The van der Waals surface area contributed by atoms with Crippen molar-refractivity contribution in [2.75, 3.05) is 19.0 Å². The largest absolute Gasteiger partial charge is 0.508 e. The van der Waals surface area contributed by atoms with Crippen LogP contribution in [0.1, 0.15) is 74.1 Å². The van der Waals surface area contributed by atoms with Crippen molar-refractivity contribution in [2.24, 2.45) is 11.8 Å². The number of pyridine rings is 1. The predicted octanol–water partition coefficient (Wildman–Crippen LogP) is 8.47. The molecule has 3 atom stereocenters. The van der Waals surface area contributed by atoms with Gasteiger partial charge in [0.15, 0.2) is 23.0 Å². The summed E-state index contributed by atoms with van der Waals surface area (Å²) in [6.45, 7) is 4.63. The van der Waals surface area contributed by atoms with E-state index in [1.165, 1.54) is 13.2 Å². The van der Waals surface area contributed by atoms with Crippen LogP contribution in [0.4, 0.5) is 11.5 Å². The summed E-state index contributed by atoms with van der Waals surface area (Å²) in [6, 6.07) is 21.2. The van der Waals surface area contributed by atoms with Gasteiger partial charge in [-0.1, -0.05) is 32.0 Å². The standard InChI is InChI=1S/C44H50N2O8/c1-26(2)5-4-18-54-42-25-31(24-40(51)44(42)52)29-8-11-34-33-12-10-32(47)22-30(33)9-13-36(34)46-43-21-28(16-17-45-43)19-35(39(50)23-29)37(48)14-6-27-7-15-38(49)41(20-27)53-3/h7,9-10,12-13,15-17,20-22,24-26,29,35,37,47-49,51-52H,4-6,8,11,14,18-19,23H2,1-3H3,(H,45,46). The summed E-state index contributed by atoms with van der Waals surface area (Å²) in [5.74, 6) is -0.189. The number of methoxy groups -OCH3 is 1. The number of aryl methyl sites for hydroxylation is 2. The molecule has 1 aliphatic heterocycles. The number of Topliss-reactive ketones (excluding diaryl/α,β-unsaturated/α-hetero) is 1. The summed E-state index contributed by atoms with van der Waals surface area (Å²) in [4.78, 5) is 19.2. The molecular formula is C44H50N2O8. The van der Waals surface area contributed by atoms with Gasteiger partial charge in [-0.3, -0.25) is 4.79 Å². The zero-order valence-electron chi connectivity index (χ0n) is 31.1. The maximum Gasteiger partial charge on any atom is 0.200 e. The van der Waals surface area contributed by atoms with E-state index >= 15 is 0 Å². The molecule has 0 saturated carbocycles. The molecule has 54 heavy (non-hydrogen) atoms. The molecule has 0 amide bonds. The molecular weight excluding hydrogens is 684 g/mol. The number of hydrogen-bond donors (Lipinski definition) is 6. The number of carbonyl (C=O) groups excluding carboxylic acids is 1. The molecule has 284 valence electrons. The maximum absolute atomic E-state index is 14.6. The molecule has 2 bridgehead atoms. The average Bonchev–Trinajstić information content (AvgIpc) is 3.15. The highest BCUT2D eigenvalue weighted by Crippen LogP contribution is 2.42. The van der Waals surface area contributed by atoms with Crippen LogP contribution in [-0.4, -0.2) is 56.1 Å². The van der Waals surface area contributed by atoms with Crippen molar-refractivity contribution < 1.29 is 39.8 Å². The molecule has 6 N–H and O–H groups in total. The Kier molecular flexibility index (Phi) is 12.1. The number of phenols is 4. The molecule has 0 radical (unpaired) electrons. The van der Waals surface area contributed by atoms with Crippen molar-refractivity contribution in [3.8, 4) is 34.5 Å². The summed E-state index contributed by atoms with van der Waals surface area (Å²) >= 11 is 0. The van der Waals surface area contributed by atoms with Gasteiger partial charge in [0.1, 0.15) is 17.4 Å². The van der Waals surface area contributed by atoms with Crippen LogP contribution in [0.15, 0.2) is 79.0 Å². The Morgan fingerprint density at radius 3 is 2.52 bits per heavy atom. The van der Waals surface area contributed by atoms with Gasteiger partial charge in [-0.2, -0.15) is 0 Å². The molecule has 1 aliphatic rings. The molecule has 5 aromatic rings. The van der Waals surface area contributed by atoms with Crippen molar-refractivity contribution in [1.82, 2.24) is 4.98 Å². The van der Waals surface area contributed by atoms with Crippen LogP contribution < -0.4 is 14.8 Å². The molecule has 0 saturated heterocycles. The number of anilines is 2. The first-order valence-corrected chi connectivity index (χ1v) is 18.7. The number of aliphatic hydroxyl groups is 1. The number of fused-ring (bicyclic) bond motifs is 5. The third-order valence-corrected chi connectivity index (χ3v) is 10.4. The Bertz CT molecular complexity index is 2100. The minimum Gasteiger partial charge on any atom is -0.508 e. The number of aliphatic hydroxyl groups excluding tert-OH is 1. The number of aromatic nitrogens is 1. The van der Waals surface area contributed by atoms with Crippen molar-refractivity contribution >= 4 is 28.1 Å². The normalized spacial score (nSPS) is 16.8. The Hall–Kier alpha value is -5.48. The second kappa shape index (κ2) is 17.1. The Labute approximate surface area is 316 Å². The molecule has 3 unspecified atom stereocenters. The van der Waals surface area contributed by atoms with Gasteiger partial charge in [-0.15, -0.1) is 0 Å². The number of benzene rings is 4. The highest BCUT2D eigenvalue weighted by Gasteiger charge is 2.31. The van der Waals surface area contributed by atoms with Crippen molar-refractivity contribution in [3.05, 3.63) is 101 Å². The Morgan fingerprint density at radius 1 is 0.889 bits per heavy atom. The number of nitrogens with one attached hydrogen (secondary N) is 1. The number of hydrogen-bond acceptors (Lipinski definition) is 10. The molecule has 0 aliphatic carbocycles. The van der Waals surface area contributed by atoms with E-state index in [2.05, 4.69) is 24.1 Å². The smallest absolute Gasteiger partial charge is 0.200 e. The summed E-state index contributed by atoms with van der Waals surface area (Å²) < 4.78 is 11.3. The van der Waals surface area contributed by atoms with Crippen LogP contribution in [0.3, 0.4) is 0 Å². The van der Waals surface area contributed by atoms with Gasteiger partial charge < -0.3 is 40.3 Å². The molecule has 10 nitrogen and oxygen atoms in total. The van der Waals surface area contributed by atoms with Crippen LogP contribution in [0.25, 0.3) is 10.8 Å². The second-order valence-electron chi connectivity index (χ2n) is 14.8. The Balaban J connectivity index is 1.38. The fraction of sp³-hybridized carbons (Fsp3) is 0.364. The number of phenolic OH excluding ortho intramolecular Hbond substituents is 4. The maximum atomic E-state index is 14.6. The van der Waals surface area contributed by atoms with Crippen LogP contribution in [0.2, 0.25) is 0 Å². The monoisotopic (exact) mass is 734 g/mol. The summed E-state index contributed by atoms with van der Waals surface area (Å²) in [7, 11) is 1.48. The predicted molar refractivity (Wildman–Crippen MR) is 209 cm³/mol. The third-order valence-electron chi connectivity index (χ3n) is 10.4. The number of ketones is 1. The lowest BCUT2D eigenvalue weighted by Gasteiger charge is -2.26. The van der Waals surface area contributed by atoms with E-state index in [-0.39, 0.29) is 47.4 Å². The van der Waals surface area contributed by atoms with Crippen LogP contribution in [0.5, 0.6) is 34.5 Å². The van der Waals surface area contributed by atoms with Gasteiger partial charge in [-0.25, -0.2) is 4.98 Å². The fourth-order valence-corrected chi connectivity index (χ4v) is 7.42. The van der Waals surface area contributed by atoms with Gasteiger partial charge in [0, 0.05) is 24.2 Å². The number of nitrogens with zero attached hydrogens (tertiary/aromatic N) is 1. The summed E-state index contributed by atoms with van der Waals surface area (Å²) in [6.07, 6.45) is 4.53. The third kappa shape index (κ3) is 9.17. The lowest BCUT2D eigenvalue weighted by atomic mass is 9.80. The first kappa shape index (κ1) is 38.3. The number of rotatable bonds is 11. The molecule has 4 aromatic carbocycles. The second-order valence-corrected chi connectivity index (χ2v) is 14.8. The van der Waals surface area contributed by atoms with Gasteiger partial charge >= 0.3 is 0 Å². The van der Waals surface area contributed by atoms with Gasteiger partial charge in [0.25, 0.3) is 0 Å². The molecule has 0 fully saturated rings. The molecule has 0 spiro atoms. The van der Waals surface area contributed by atoms with Crippen LogP contribution in [0, 0.1) is 11.8 Å². The van der Waals surface area contributed by atoms with Gasteiger partial charge in [-0.05, 0) is 144 Å². The van der Waals surface area contributed by atoms with Crippen LogP contribution in [-0.2, 0) is 24.1 Å². The minimum absolute atomic E-state index is 0.0260. The molecule has 10 heteroatoms. The van der Waals surface area contributed by atoms with E-state index < -0.39 is 17.9 Å². The first-order chi connectivity index (χ1) is 26.0. The zero-order chi connectivity index (χ0) is 38.4. The van der Waals surface area contributed by atoms with Crippen molar-refractivity contribution in [3.63, 3.8) is 0 Å². The lowest BCUT2D eigenvalue weighted by molar-refractivity contribution is -0.127.